The molecule has 0 aliphatic rings. The highest BCUT2D eigenvalue weighted by molar-refractivity contribution is 5.68. The van der Waals surface area contributed by atoms with Gasteiger partial charge in [-0.1, -0.05) is 36.4 Å². The smallest absolute Gasteiger partial charge is 0.406 e. The highest BCUT2D eigenvalue weighted by Crippen LogP contribution is 2.40. The lowest BCUT2D eigenvalue weighted by Crippen LogP contribution is -2.37. The van der Waals surface area contributed by atoms with E-state index in [1.54, 1.807) is 0 Å². The quantitative estimate of drug-likeness (QED) is 0.700. The molecule has 0 saturated heterocycles. The first-order valence-electron chi connectivity index (χ1n) is 7.68. The van der Waals surface area contributed by atoms with E-state index in [0.29, 0.717) is 16.7 Å². The predicted molar refractivity (Wildman–Crippen MR) is 89.8 cm³/mol. The molecule has 3 rings (SSSR count). The molecule has 2 N–H and O–H groups in total. The van der Waals surface area contributed by atoms with Crippen LogP contribution in [0.3, 0.4) is 0 Å². The van der Waals surface area contributed by atoms with Crippen LogP contribution in [0, 0.1) is 17.5 Å². The third kappa shape index (κ3) is 3.26. The number of carbonyl (C=O) groups excluding carboxylic acids is 1. The van der Waals surface area contributed by atoms with Crippen LogP contribution in [0.1, 0.15) is 16.7 Å². The molecule has 0 aliphatic heterocycles. The van der Waals surface area contributed by atoms with Crippen molar-refractivity contribution in [3.05, 3.63) is 107 Å². The number of rotatable bonds is 4. The summed E-state index contributed by atoms with van der Waals surface area (Å²) < 4.78 is 45.7. The van der Waals surface area contributed by atoms with Crippen LogP contribution in [0.25, 0.3) is 0 Å². The molecule has 0 heterocycles. The highest BCUT2D eigenvalue weighted by atomic mass is 19.1. The molecule has 0 bridgehead atoms. The maximum absolute atomic E-state index is 13.4. The van der Waals surface area contributed by atoms with Crippen molar-refractivity contribution in [1.29, 1.82) is 0 Å². The van der Waals surface area contributed by atoms with Crippen molar-refractivity contribution >= 4 is 6.09 Å². The minimum absolute atomic E-state index is 0.371. The van der Waals surface area contributed by atoms with Crippen LogP contribution in [-0.4, -0.2) is 6.09 Å². The summed E-state index contributed by atoms with van der Waals surface area (Å²) >= 11 is 0. The lowest BCUT2D eigenvalue weighted by Gasteiger charge is -2.34. The van der Waals surface area contributed by atoms with Crippen LogP contribution in [0.4, 0.5) is 18.0 Å². The van der Waals surface area contributed by atoms with Gasteiger partial charge in [0.15, 0.2) is 5.60 Å². The van der Waals surface area contributed by atoms with E-state index in [1.165, 1.54) is 72.8 Å². The van der Waals surface area contributed by atoms with E-state index in [1.807, 2.05) is 0 Å². The standard InChI is InChI=1S/C20H14F3NO2/c21-16-7-1-13(2-8-16)20(26-19(24)25,14-3-9-17(22)10-4-14)15-5-11-18(23)12-6-15/h1-12H,(H2,24,25). The molecule has 6 heteroatoms. The second kappa shape index (κ2) is 6.92. The van der Waals surface area contributed by atoms with Gasteiger partial charge >= 0.3 is 6.09 Å². The number of hydrogen-bond donors (Lipinski definition) is 1. The summed E-state index contributed by atoms with van der Waals surface area (Å²) in [6.07, 6.45) is -1.09. The average molecular weight is 357 g/mol. The summed E-state index contributed by atoms with van der Waals surface area (Å²) in [7, 11) is 0. The lowest BCUT2D eigenvalue weighted by atomic mass is 9.80. The Kier molecular flexibility index (Phi) is 4.67. The Balaban J connectivity index is 2.33. The van der Waals surface area contributed by atoms with Crippen LogP contribution in [0.15, 0.2) is 72.8 Å². The van der Waals surface area contributed by atoms with Gasteiger partial charge in [0.2, 0.25) is 0 Å². The number of ether oxygens (including phenoxy) is 1. The Morgan fingerprint density at radius 1 is 0.654 bits per heavy atom. The Morgan fingerprint density at radius 3 is 1.15 bits per heavy atom. The number of carbonyl (C=O) groups is 1. The molecule has 26 heavy (non-hydrogen) atoms. The van der Waals surface area contributed by atoms with Gasteiger partial charge < -0.3 is 10.5 Å². The number of hydrogen-bond acceptors (Lipinski definition) is 2. The SMILES string of the molecule is NC(=O)OC(c1ccc(F)cc1)(c1ccc(F)cc1)c1ccc(F)cc1. The minimum atomic E-state index is -1.60. The van der Waals surface area contributed by atoms with E-state index >= 15 is 0 Å². The molecule has 0 fully saturated rings. The molecule has 0 aromatic heterocycles. The normalized spacial score (nSPS) is 11.2. The van der Waals surface area contributed by atoms with Crippen LogP contribution in [0.2, 0.25) is 0 Å². The zero-order valence-electron chi connectivity index (χ0n) is 13.5. The van der Waals surface area contributed by atoms with E-state index in [9.17, 15) is 18.0 Å². The van der Waals surface area contributed by atoms with Gasteiger partial charge in [-0.15, -0.1) is 0 Å². The molecule has 0 atom stereocenters. The molecule has 3 nitrogen and oxygen atoms in total. The van der Waals surface area contributed by atoms with Gasteiger partial charge in [-0.05, 0) is 36.4 Å². The summed E-state index contributed by atoms with van der Waals surface area (Å²) in [4.78, 5) is 11.7. The molecular weight excluding hydrogens is 343 g/mol. The van der Waals surface area contributed by atoms with E-state index < -0.39 is 29.1 Å². The summed E-state index contributed by atoms with van der Waals surface area (Å²) in [5, 5.41) is 0. The van der Waals surface area contributed by atoms with Crippen molar-refractivity contribution < 1.29 is 22.7 Å². The van der Waals surface area contributed by atoms with Crippen LogP contribution in [0.5, 0.6) is 0 Å². The molecule has 0 unspecified atom stereocenters. The van der Waals surface area contributed by atoms with Gasteiger partial charge in [-0.3, -0.25) is 0 Å². The van der Waals surface area contributed by atoms with Gasteiger partial charge in [-0.25, -0.2) is 18.0 Å². The first kappa shape index (κ1) is 17.5. The largest absolute Gasteiger partial charge is 0.428 e. The van der Waals surface area contributed by atoms with Crippen LogP contribution in [-0.2, 0) is 10.3 Å². The Bertz CT molecular complexity index is 796. The Labute approximate surface area is 147 Å². The summed E-state index contributed by atoms with van der Waals surface area (Å²) in [6, 6.07) is 15.7. The summed E-state index contributed by atoms with van der Waals surface area (Å²) in [5.41, 5.74) is 4.81. The van der Waals surface area contributed by atoms with Gasteiger partial charge in [0, 0.05) is 16.7 Å². The van der Waals surface area contributed by atoms with Crippen molar-refractivity contribution in [1.82, 2.24) is 0 Å². The van der Waals surface area contributed by atoms with E-state index in [0.717, 1.165) is 0 Å². The fourth-order valence-corrected chi connectivity index (χ4v) is 2.88. The van der Waals surface area contributed by atoms with Gasteiger partial charge in [0.1, 0.15) is 17.5 Å². The molecule has 3 aromatic rings. The van der Waals surface area contributed by atoms with Crippen molar-refractivity contribution in [2.45, 2.75) is 5.60 Å². The third-order valence-electron chi connectivity index (χ3n) is 4.01. The first-order chi connectivity index (χ1) is 12.4. The van der Waals surface area contributed by atoms with Gasteiger partial charge in [-0.2, -0.15) is 0 Å². The highest BCUT2D eigenvalue weighted by Gasteiger charge is 2.40. The van der Waals surface area contributed by atoms with Gasteiger partial charge in [0.05, 0.1) is 0 Å². The number of primary amides is 1. The van der Waals surface area contributed by atoms with E-state index in [4.69, 9.17) is 10.5 Å². The number of benzene rings is 3. The molecule has 0 saturated carbocycles. The van der Waals surface area contributed by atoms with Crippen molar-refractivity contribution in [2.24, 2.45) is 5.73 Å². The fourth-order valence-electron chi connectivity index (χ4n) is 2.88. The fraction of sp³-hybridized carbons (Fsp3) is 0.0500. The van der Waals surface area contributed by atoms with Crippen LogP contribution >= 0.6 is 0 Å². The number of amides is 1. The van der Waals surface area contributed by atoms with E-state index in [2.05, 4.69) is 0 Å². The topological polar surface area (TPSA) is 52.3 Å². The maximum atomic E-state index is 13.4. The number of halogens is 3. The van der Waals surface area contributed by atoms with Gasteiger partial charge in [0.25, 0.3) is 0 Å². The van der Waals surface area contributed by atoms with Crippen molar-refractivity contribution in [3.63, 3.8) is 0 Å². The molecule has 0 radical (unpaired) electrons. The minimum Gasteiger partial charge on any atom is -0.428 e. The predicted octanol–water partition coefficient (Wildman–Crippen LogP) is 4.49. The second-order valence-corrected chi connectivity index (χ2v) is 5.62. The van der Waals surface area contributed by atoms with Crippen molar-refractivity contribution in [2.75, 3.05) is 0 Å². The monoisotopic (exact) mass is 357 g/mol. The zero-order chi connectivity index (χ0) is 18.7. The third-order valence-corrected chi connectivity index (χ3v) is 4.01. The molecule has 3 aromatic carbocycles. The zero-order valence-corrected chi connectivity index (χ0v) is 13.5. The average Bonchev–Trinajstić information content (AvgIpc) is 2.62. The molecule has 132 valence electrons. The number of nitrogens with two attached hydrogens (primary N) is 1. The Hall–Kier alpha value is -3.28. The van der Waals surface area contributed by atoms with Crippen molar-refractivity contribution in [3.8, 4) is 0 Å². The Morgan fingerprint density at radius 2 is 0.923 bits per heavy atom. The molecule has 0 aliphatic carbocycles. The summed E-state index contributed by atoms with van der Waals surface area (Å²) in [6.45, 7) is 0. The first-order valence-corrected chi connectivity index (χ1v) is 7.68. The molecular formula is C20H14F3NO2. The molecule has 0 spiro atoms. The summed E-state index contributed by atoms with van der Waals surface area (Å²) in [5.74, 6) is -1.46. The molecule has 1 amide bonds. The van der Waals surface area contributed by atoms with Crippen LogP contribution < -0.4 is 5.73 Å². The maximum Gasteiger partial charge on any atom is 0.406 e. The second-order valence-electron chi connectivity index (χ2n) is 5.62. The van der Waals surface area contributed by atoms with E-state index in [-0.39, 0.29) is 0 Å². The lowest BCUT2D eigenvalue weighted by molar-refractivity contribution is 0.0746.